The quantitative estimate of drug-likeness (QED) is 0.826. The molecule has 0 aromatic heterocycles. The number of nitriles is 1. The van der Waals surface area contributed by atoms with Gasteiger partial charge in [-0.25, -0.2) is 0 Å². The molecule has 19 heavy (non-hydrogen) atoms. The second-order valence-corrected chi connectivity index (χ2v) is 5.73. The van der Waals surface area contributed by atoms with E-state index < -0.39 is 0 Å². The molecule has 0 bridgehead atoms. The molecule has 1 N–H and O–H groups in total. The van der Waals surface area contributed by atoms with Gasteiger partial charge in [0.1, 0.15) is 0 Å². The minimum atomic E-state index is 0.175. The van der Waals surface area contributed by atoms with Crippen molar-refractivity contribution in [3.63, 3.8) is 0 Å². The van der Waals surface area contributed by atoms with Crippen molar-refractivity contribution >= 4 is 0 Å². The van der Waals surface area contributed by atoms with Crippen LogP contribution >= 0.6 is 0 Å². The second kappa shape index (κ2) is 6.73. The summed E-state index contributed by atoms with van der Waals surface area (Å²) in [6.45, 7) is 4.37. The number of hydrogen-bond acceptors (Lipinski definition) is 2. The Balaban J connectivity index is 2.06. The van der Waals surface area contributed by atoms with Crippen molar-refractivity contribution in [2.45, 2.75) is 58.0 Å². The molecule has 0 aliphatic heterocycles. The number of benzene rings is 1. The standard InChI is InChI=1S/C17H24N2/c1-13-8-6-7-10-16(13)14(2)19-17-11-5-3-4-9-15(17)12-18/h6-8,10,14-15,17,19H,3-5,9,11H2,1-2H3/t14-,15?,17?/m1/s1. The van der Waals surface area contributed by atoms with Gasteiger partial charge in [-0.3, -0.25) is 0 Å². The van der Waals surface area contributed by atoms with Gasteiger partial charge in [0.05, 0.1) is 12.0 Å². The Morgan fingerprint density at radius 3 is 2.68 bits per heavy atom. The van der Waals surface area contributed by atoms with E-state index in [2.05, 4.69) is 49.5 Å². The molecule has 0 spiro atoms. The van der Waals surface area contributed by atoms with Crippen LogP contribution in [0.5, 0.6) is 0 Å². The summed E-state index contributed by atoms with van der Waals surface area (Å²) >= 11 is 0. The molecule has 2 unspecified atom stereocenters. The Hall–Kier alpha value is -1.33. The van der Waals surface area contributed by atoms with Crippen LogP contribution in [0.1, 0.15) is 56.2 Å². The first kappa shape index (κ1) is 14.1. The fourth-order valence-electron chi connectivity index (χ4n) is 3.15. The summed E-state index contributed by atoms with van der Waals surface area (Å²) in [6, 6.07) is 11.7. The molecule has 0 amide bonds. The van der Waals surface area contributed by atoms with Crippen molar-refractivity contribution in [3.05, 3.63) is 35.4 Å². The first-order valence-corrected chi connectivity index (χ1v) is 7.43. The summed E-state index contributed by atoms with van der Waals surface area (Å²) in [7, 11) is 0. The molecule has 1 aliphatic rings. The van der Waals surface area contributed by atoms with Gasteiger partial charge in [-0.15, -0.1) is 0 Å². The van der Waals surface area contributed by atoms with E-state index in [-0.39, 0.29) is 5.92 Å². The molecule has 2 heteroatoms. The SMILES string of the molecule is Cc1ccccc1[C@@H](C)NC1CCCCCC1C#N. The number of nitrogens with zero attached hydrogens (tertiary/aromatic N) is 1. The van der Waals surface area contributed by atoms with Gasteiger partial charge in [0.2, 0.25) is 0 Å². The van der Waals surface area contributed by atoms with Crippen LogP contribution in [0, 0.1) is 24.2 Å². The van der Waals surface area contributed by atoms with Crippen molar-refractivity contribution in [1.29, 1.82) is 5.26 Å². The molecule has 1 aromatic carbocycles. The molecule has 3 atom stereocenters. The highest BCUT2D eigenvalue weighted by molar-refractivity contribution is 5.28. The lowest BCUT2D eigenvalue weighted by molar-refractivity contribution is 0.361. The van der Waals surface area contributed by atoms with Gasteiger partial charge < -0.3 is 5.32 Å². The van der Waals surface area contributed by atoms with Crippen LogP contribution in [-0.2, 0) is 0 Å². The fourth-order valence-corrected chi connectivity index (χ4v) is 3.15. The van der Waals surface area contributed by atoms with Crippen molar-refractivity contribution in [1.82, 2.24) is 5.32 Å². The van der Waals surface area contributed by atoms with E-state index >= 15 is 0 Å². The largest absolute Gasteiger partial charge is 0.306 e. The molecular formula is C17H24N2. The third-order valence-electron chi connectivity index (χ3n) is 4.30. The maximum atomic E-state index is 9.33. The Kier molecular flexibility index (Phi) is 4.99. The van der Waals surface area contributed by atoms with Crippen LogP contribution in [0.3, 0.4) is 0 Å². The zero-order valence-electron chi connectivity index (χ0n) is 12.0. The molecule has 0 radical (unpaired) electrons. The third-order valence-corrected chi connectivity index (χ3v) is 4.30. The van der Waals surface area contributed by atoms with E-state index in [9.17, 15) is 5.26 Å². The Labute approximate surface area is 116 Å². The van der Waals surface area contributed by atoms with E-state index in [0.717, 1.165) is 12.8 Å². The minimum Gasteiger partial charge on any atom is -0.306 e. The topological polar surface area (TPSA) is 35.8 Å². The van der Waals surface area contributed by atoms with Gasteiger partial charge in [-0.05, 0) is 37.8 Å². The fraction of sp³-hybridized carbons (Fsp3) is 0.588. The van der Waals surface area contributed by atoms with Gasteiger partial charge in [0, 0.05) is 12.1 Å². The Bertz CT molecular complexity index is 447. The highest BCUT2D eigenvalue weighted by Crippen LogP contribution is 2.26. The Morgan fingerprint density at radius 1 is 1.21 bits per heavy atom. The molecule has 2 nitrogen and oxygen atoms in total. The number of aryl methyl sites for hydroxylation is 1. The summed E-state index contributed by atoms with van der Waals surface area (Å²) in [5.41, 5.74) is 2.67. The van der Waals surface area contributed by atoms with Crippen LogP contribution in [0.4, 0.5) is 0 Å². The van der Waals surface area contributed by atoms with E-state index in [1.54, 1.807) is 0 Å². The average molecular weight is 256 g/mol. The Morgan fingerprint density at radius 2 is 1.95 bits per heavy atom. The van der Waals surface area contributed by atoms with E-state index in [1.165, 1.54) is 30.4 Å². The van der Waals surface area contributed by atoms with Crippen LogP contribution in [0.15, 0.2) is 24.3 Å². The molecule has 0 heterocycles. The molecule has 1 fully saturated rings. The summed E-state index contributed by atoms with van der Waals surface area (Å²) in [5, 5.41) is 13.0. The summed E-state index contributed by atoms with van der Waals surface area (Å²) in [5.74, 6) is 0.175. The second-order valence-electron chi connectivity index (χ2n) is 5.73. The summed E-state index contributed by atoms with van der Waals surface area (Å²) in [4.78, 5) is 0. The maximum Gasteiger partial charge on any atom is 0.0672 e. The van der Waals surface area contributed by atoms with Crippen LogP contribution in [0.2, 0.25) is 0 Å². The van der Waals surface area contributed by atoms with Crippen molar-refractivity contribution in [3.8, 4) is 6.07 Å². The molecule has 1 aromatic rings. The molecule has 0 saturated heterocycles. The lowest BCUT2D eigenvalue weighted by Crippen LogP contribution is -2.37. The first-order valence-electron chi connectivity index (χ1n) is 7.43. The van der Waals surface area contributed by atoms with Gasteiger partial charge >= 0.3 is 0 Å². The van der Waals surface area contributed by atoms with Gasteiger partial charge in [0.15, 0.2) is 0 Å². The van der Waals surface area contributed by atoms with Crippen LogP contribution in [-0.4, -0.2) is 6.04 Å². The highest BCUT2D eigenvalue weighted by atomic mass is 15.0. The monoisotopic (exact) mass is 256 g/mol. The first-order chi connectivity index (χ1) is 9.22. The van der Waals surface area contributed by atoms with Gasteiger partial charge in [-0.1, -0.05) is 43.5 Å². The average Bonchev–Trinajstić information content (AvgIpc) is 2.64. The number of rotatable bonds is 3. The molecule has 1 aliphatic carbocycles. The van der Waals surface area contributed by atoms with E-state index in [0.29, 0.717) is 12.1 Å². The smallest absolute Gasteiger partial charge is 0.0672 e. The minimum absolute atomic E-state index is 0.175. The van der Waals surface area contributed by atoms with Crippen LogP contribution < -0.4 is 5.32 Å². The van der Waals surface area contributed by atoms with E-state index in [4.69, 9.17) is 0 Å². The maximum absolute atomic E-state index is 9.33. The predicted octanol–water partition coefficient (Wildman–Crippen LogP) is 4.12. The molecule has 1 saturated carbocycles. The zero-order chi connectivity index (χ0) is 13.7. The third kappa shape index (κ3) is 3.58. The van der Waals surface area contributed by atoms with Gasteiger partial charge in [-0.2, -0.15) is 5.26 Å². The summed E-state index contributed by atoms with van der Waals surface area (Å²) in [6.07, 6.45) is 5.91. The molecule has 2 rings (SSSR count). The summed E-state index contributed by atoms with van der Waals surface area (Å²) < 4.78 is 0. The lowest BCUT2D eigenvalue weighted by atomic mass is 9.94. The van der Waals surface area contributed by atoms with Crippen molar-refractivity contribution in [2.75, 3.05) is 0 Å². The lowest BCUT2D eigenvalue weighted by Gasteiger charge is -2.26. The normalized spacial score (nSPS) is 25.3. The number of hydrogen-bond donors (Lipinski definition) is 1. The van der Waals surface area contributed by atoms with Crippen molar-refractivity contribution in [2.24, 2.45) is 5.92 Å². The zero-order valence-corrected chi connectivity index (χ0v) is 12.0. The number of nitrogens with one attached hydrogen (secondary N) is 1. The molecular weight excluding hydrogens is 232 g/mol. The van der Waals surface area contributed by atoms with E-state index in [1.807, 2.05) is 0 Å². The highest BCUT2D eigenvalue weighted by Gasteiger charge is 2.25. The molecule has 102 valence electrons. The van der Waals surface area contributed by atoms with Crippen LogP contribution in [0.25, 0.3) is 0 Å². The predicted molar refractivity (Wildman–Crippen MR) is 78.7 cm³/mol. The van der Waals surface area contributed by atoms with Gasteiger partial charge in [0.25, 0.3) is 0 Å². The van der Waals surface area contributed by atoms with Crippen molar-refractivity contribution < 1.29 is 0 Å².